The number of rotatable bonds is 6. The molecule has 31 heavy (non-hydrogen) atoms. The maximum Gasteiger partial charge on any atom is 0.521 e. The molecular weight excluding hydrogens is 549 g/mol. The Kier molecular flexibility index (Phi) is 9.19. The number of halogens is 1. The summed E-state index contributed by atoms with van der Waals surface area (Å²) in [4.78, 5) is -0.299. The van der Waals surface area contributed by atoms with Crippen molar-refractivity contribution >= 4 is 20.0 Å². The van der Waals surface area contributed by atoms with Crippen molar-refractivity contribution in [1.82, 2.24) is 0 Å². The van der Waals surface area contributed by atoms with Crippen LogP contribution in [0.4, 0.5) is 0 Å². The number of nitrogens with zero attached hydrogens (tertiary/aromatic N) is 1. The topological polar surface area (TPSA) is 91.6 Å². The van der Waals surface area contributed by atoms with Crippen molar-refractivity contribution in [3.8, 4) is 0 Å². The molecular formula is C22H24INO5S2. The van der Waals surface area contributed by atoms with Crippen molar-refractivity contribution in [2.45, 2.75) is 30.6 Å². The minimum absolute atomic E-state index is 0.149. The second kappa shape index (κ2) is 11.2. The monoisotopic (exact) mass is 573 g/mol. The van der Waals surface area contributed by atoms with Gasteiger partial charge in [0.05, 0.1) is 7.11 Å². The lowest BCUT2D eigenvalue weighted by molar-refractivity contribution is -0.870. The second-order valence-electron chi connectivity index (χ2n) is 6.68. The highest BCUT2D eigenvalue weighted by Crippen LogP contribution is 2.25. The molecule has 0 aliphatic carbocycles. The molecule has 9 heteroatoms. The number of hydrogen-bond acceptors (Lipinski definition) is 5. The van der Waals surface area contributed by atoms with E-state index in [2.05, 4.69) is 35.3 Å². The largest absolute Gasteiger partial charge is 0.521 e. The lowest BCUT2D eigenvalue weighted by Crippen LogP contribution is -3.61. The van der Waals surface area contributed by atoms with Crippen molar-refractivity contribution in [3.05, 3.63) is 97.2 Å². The van der Waals surface area contributed by atoms with Gasteiger partial charge in [-0.25, -0.2) is 16.8 Å². The lowest BCUT2D eigenvalue weighted by Gasteiger charge is -2.21. The average molecular weight is 573 g/mol. The van der Waals surface area contributed by atoms with Gasteiger partial charge in [0, 0.05) is 9.79 Å². The van der Waals surface area contributed by atoms with E-state index in [1.807, 2.05) is 0 Å². The number of sulfonamides is 2. The molecule has 0 unspecified atom stereocenters. The van der Waals surface area contributed by atoms with Gasteiger partial charge in [-0.3, -0.25) is 0 Å². The van der Waals surface area contributed by atoms with E-state index < -0.39 is 20.0 Å². The van der Waals surface area contributed by atoms with Crippen LogP contribution < -0.4 is 21.6 Å². The van der Waals surface area contributed by atoms with Crippen LogP contribution in [0.5, 0.6) is 0 Å². The van der Waals surface area contributed by atoms with E-state index in [9.17, 15) is 16.8 Å². The van der Waals surface area contributed by atoms with Gasteiger partial charge in [0.1, 0.15) is 20.0 Å². The Morgan fingerprint density at radius 3 is 1.26 bits per heavy atom. The third-order valence-corrected chi connectivity index (χ3v) is 8.98. The molecule has 166 valence electrons. The van der Waals surface area contributed by atoms with Gasteiger partial charge in [-0.05, 0) is 57.2 Å². The predicted molar refractivity (Wildman–Crippen MR) is 117 cm³/mol. The summed E-state index contributed by atoms with van der Waals surface area (Å²) < 4.78 is 57.7. The van der Waals surface area contributed by atoms with Crippen molar-refractivity contribution in [2.24, 2.45) is 0 Å². The molecule has 3 aromatic carbocycles. The zero-order chi connectivity index (χ0) is 23.1. The maximum absolute atomic E-state index is 12.1. The molecule has 0 saturated carbocycles. The highest BCUT2D eigenvalue weighted by molar-refractivity contribution is 8.12. The molecule has 0 amide bonds. The van der Waals surface area contributed by atoms with Crippen LogP contribution in [0, 0.1) is 24.3 Å². The SMILES string of the molecule is CO[I+]c1ccc(C)cc1.Cc1ccc(S(=O)(=O)[N-]S(=O)(=O)c2ccc(C)cc2)cc1. The summed E-state index contributed by atoms with van der Waals surface area (Å²) in [6.07, 6.45) is 0. The lowest BCUT2D eigenvalue weighted by atomic mass is 10.2. The Hall–Kier alpha value is -1.79. The molecule has 0 bridgehead atoms. The summed E-state index contributed by atoms with van der Waals surface area (Å²) in [5, 5.41) is 0. The number of hydrogen-bond donors (Lipinski definition) is 0. The van der Waals surface area contributed by atoms with Crippen molar-refractivity contribution in [3.63, 3.8) is 0 Å². The van der Waals surface area contributed by atoms with E-state index >= 15 is 0 Å². The van der Waals surface area contributed by atoms with Gasteiger partial charge < -0.3 is 4.13 Å². The molecule has 3 rings (SSSR count). The molecule has 0 radical (unpaired) electrons. The standard InChI is InChI=1S/C14H14NO4S2.C8H10IO/c1-11-3-7-13(8-4-11)20(16,17)15-21(18,19)14-9-5-12(2)6-10-14;1-7-3-5-8(6-4-7)9-10-2/h3-10H,1-2H3;3-6H,1-2H3/q-1;+1. The molecule has 6 nitrogen and oxygen atoms in total. The molecule has 0 saturated heterocycles. The number of aryl methyl sites for hydroxylation is 3. The molecule has 0 N–H and O–H groups in total. The summed E-state index contributed by atoms with van der Waals surface area (Å²) >= 11 is -0.183. The van der Waals surface area contributed by atoms with E-state index in [1.165, 1.54) is 33.4 Å². The fourth-order valence-corrected chi connectivity index (χ4v) is 6.15. The van der Waals surface area contributed by atoms with Crippen molar-refractivity contribution in [1.29, 1.82) is 0 Å². The van der Waals surface area contributed by atoms with Crippen LogP contribution in [-0.4, -0.2) is 23.9 Å². The molecule has 0 aliphatic rings. The van der Waals surface area contributed by atoms with Crippen LogP contribution in [0.2, 0.25) is 0 Å². The first-order valence-electron chi connectivity index (χ1n) is 9.16. The molecule has 3 aromatic rings. The molecule has 0 aliphatic heterocycles. The summed E-state index contributed by atoms with van der Waals surface area (Å²) in [6, 6.07) is 20.2. The highest BCUT2D eigenvalue weighted by atomic mass is 127. The first-order valence-corrected chi connectivity index (χ1v) is 14.0. The Balaban J connectivity index is 0.000000285. The fraction of sp³-hybridized carbons (Fsp3) is 0.182. The third-order valence-electron chi connectivity index (χ3n) is 4.01. The molecule has 0 heterocycles. The minimum Gasteiger partial charge on any atom is -0.428 e. The molecule has 0 aromatic heterocycles. The van der Waals surface area contributed by atoms with E-state index in [0.717, 1.165) is 11.1 Å². The Morgan fingerprint density at radius 1 is 0.613 bits per heavy atom. The van der Waals surface area contributed by atoms with Gasteiger partial charge in [-0.1, -0.05) is 53.1 Å². The average Bonchev–Trinajstić information content (AvgIpc) is 2.70. The Morgan fingerprint density at radius 2 is 0.935 bits per heavy atom. The minimum atomic E-state index is -4.26. The van der Waals surface area contributed by atoms with E-state index in [1.54, 1.807) is 45.2 Å². The predicted octanol–water partition coefficient (Wildman–Crippen LogP) is 1.57. The van der Waals surface area contributed by atoms with Crippen molar-refractivity contribution < 1.29 is 41.5 Å². The van der Waals surface area contributed by atoms with E-state index in [4.69, 9.17) is 3.07 Å². The summed E-state index contributed by atoms with van der Waals surface area (Å²) in [5.74, 6) is 0. The van der Waals surface area contributed by atoms with Gasteiger partial charge in [-0.15, -0.1) is 3.07 Å². The summed E-state index contributed by atoms with van der Waals surface area (Å²) in [7, 11) is -6.75. The van der Waals surface area contributed by atoms with Crippen LogP contribution in [0.1, 0.15) is 16.7 Å². The normalized spacial score (nSPS) is 11.5. The zero-order valence-electron chi connectivity index (χ0n) is 17.6. The second-order valence-corrected chi connectivity index (χ2v) is 12.7. The van der Waals surface area contributed by atoms with Gasteiger partial charge in [0.25, 0.3) is 0 Å². The number of benzene rings is 3. The van der Waals surface area contributed by atoms with E-state index in [0.29, 0.717) is 0 Å². The van der Waals surface area contributed by atoms with Gasteiger partial charge >= 0.3 is 21.6 Å². The van der Waals surface area contributed by atoms with Crippen LogP contribution >= 0.6 is 0 Å². The van der Waals surface area contributed by atoms with E-state index in [-0.39, 0.29) is 31.4 Å². The highest BCUT2D eigenvalue weighted by Gasteiger charge is 2.13. The summed E-state index contributed by atoms with van der Waals surface area (Å²) in [5.41, 5.74) is 3.05. The Labute approximate surface area is 195 Å². The molecule has 0 fully saturated rings. The third kappa shape index (κ3) is 8.00. The van der Waals surface area contributed by atoms with Crippen LogP contribution in [0.3, 0.4) is 0 Å². The van der Waals surface area contributed by atoms with Gasteiger partial charge in [-0.2, -0.15) is 0 Å². The molecule has 0 spiro atoms. The first kappa shape index (κ1) is 25.5. The van der Waals surface area contributed by atoms with Crippen molar-refractivity contribution in [2.75, 3.05) is 7.11 Å². The smallest absolute Gasteiger partial charge is 0.428 e. The van der Waals surface area contributed by atoms with Gasteiger partial charge in [0.15, 0.2) is 0 Å². The quantitative estimate of drug-likeness (QED) is 0.418. The first-order chi connectivity index (χ1) is 14.5. The van der Waals surface area contributed by atoms with Crippen LogP contribution in [0.25, 0.3) is 4.13 Å². The molecule has 0 atom stereocenters. The van der Waals surface area contributed by atoms with Gasteiger partial charge in [0.2, 0.25) is 3.57 Å². The Bertz CT molecular complexity index is 1120. The van der Waals surface area contributed by atoms with Crippen LogP contribution in [-0.2, 0) is 23.1 Å². The fourth-order valence-electron chi connectivity index (χ4n) is 2.31. The summed E-state index contributed by atoms with van der Waals surface area (Å²) in [6.45, 7) is 5.70. The van der Waals surface area contributed by atoms with Crippen LogP contribution in [0.15, 0.2) is 82.6 Å². The maximum atomic E-state index is 12.1. The zero-order valence-corrected chi connectivity index (χ0v) is 21.4.